The molecule has 2 atom stereocenters. The number of nitrogens with one attached hydrogen (secondary N) is 1. The molecule has 1 N–H and O–H groups in total. The Balaban J connectivity index is 1.68. The lowest BCUT2D eigenvalue weighted by molar-refractivity contribution is -0.139. The Kier molecular flexibility index (Phi) is 4.59. The van der Waals surface area contributed by atoms with Gasteiger partial charge in [0.15, 0.2) is 0 Å². The van der Waals surface area contributed by atoms with E-state index in [1.165, 1.54) is 0 Å². The number of ether oxygens (including phenoxy) is 2. The number of rotatable bonds is 4. The van der Waals surface area contributed by atoms with E-state index in [9.17, 15) is 4.79 Å². The van der Waals surface area contributed by atoms with Crippen molar-refractivity contribution >= 4 is 28.9 Å². The Morgan fingerprint density at radius 1 is 0.968 bits per heavy atom. The van der Waals surface area contributed by atoms with Crippen LogP contribution in [0.5, 0.6) is 11.5 Å². The molecular formula is C24H19ClN2O4. The first-order valence-electron chi connectivity index (χ1n) is 9.72. The highest BCUT2D eigenvalue weighted by Gasteiger charge is 2.61. The second-order valence-electron chi connectivity index (χ2n) is 7.38. The van der Waals surface area contributed by atoms with Crippen LogP contribution in [-0.2, 0) is 15.2 Å². The maximum absolute atomic E-state index is 13.4. The molecule has 2 aliphatic rings. The first-order valence-corrected chi connectivity index (χ1v) is 10.1. The highest BCUT2D eigenvalue weighted by Crippen LogP contribution is 2.53. The third-order valence-corrected chi connectivity index (χ3v) is 6.01. The van der Waals surface area contributed by atoms with Crippen LogP contribution < -0.4 is 14.8 Å². The van der Waals surface area contributed by atoms with Crippen LogP contribution in [0.4, 0.5) is 5.69 Å². The van der Waals surface area contributed by atoms with Crippen LogP contribution in [0.25, 0.3) is 0 Å². The standard InChI is InChI=1S/C24H19ClN2O4/c1-29-17-8-3-14(4-9-17)21-22(15-5-10-18(30-2)11-6-15)27-31-24(21)19-12-7-16(25)13-20(19)26-23(24)28/h3-13,21H,1-2H3,(H,26,28)/t21-,24-/m1/s1. The highest BCUT2D eigenvalue weighted by molar-refractivity contribution is 6.31. The summed E-state index contributed by atoms with van der Waals surface area (Å²) in [7, 11) is 3.23. The third-order valence-electron chi connectivity index (χ3n) is 5.77. The number of halogens is 1. The van der Waals surface area contributed by atoms with Gasteiger partial charge in [-0.15, -0.1) is 0 Å². The summed E-state index contributed by atoms with van der Waals surface area (Å²) in [5, 5.41) is 7.87. The van der Waals surface area contributed by atoms with Crippen LogP contribution in [0.3, 0.4) is 0 Å². The molecule has 0 aliphatic carbocycles. The van der Waals surface area contributed by atoms with Crippen LogP contribution >= 0.6 is 11.6 Å². The Hall–Kier alpha value is -3.51. The number of hydrogen-bond acceptors (Lipinski definition) is 5. The first kappa shape index (κ1) is 19.5. The molecule has 0 fully saturated rings. The summed E-state index contributed by atoms with van der Waals surface area (Å²) in [4.78, 5) is 19.4. The normalized spacial score (nSPS) is 21.3. The number of amides is 1. The third kappa shape index (κ3) is 2.94. The molecule has 31 heavy (non-hydrogen) atoms. The predicted octanol–water partition coefficient (Wildman–Crippen LogP) is 4.72. The lowest BCUT2D eigenvalue weighted by Gasteiger charge is -2.28. The summed E-state index contributed by atoms with van der Waals surface area (Å²) < 4.78 is 10.6. The largest absolute Gasteiger partial charge is 0.497 e. The summed E-state index contributed by atoms with van der Waals surface area (Å²) in [6.45, 7) is 0. The van der Waals surface area contributed by atoms with Gasteiger partial charge in [-0.3, -0.25) is 4.79 Å². The maximum Gasteiger partial charge on any atom is 0.277 e. The lowest BCUT2D eigenvalue weighted by Crippen LogP contribution is -2.41. The van der Waals surface area contributed by atoms with Gasteiger partial charge in [0.2, 0.25) is 0 Å². The molecule has 6 nitrogen and oxygen atoms in total. The second-order valence-corrected chi connectivity index (χ2v) is 7.82. The van der Waals surface area contributed by atoms with E-state index in [2.05, 4.69) is 10.5 Å². The van der Waals surface area contributed by atoms with E-state index in [0.717, 1.165) is 22.6 Å². The topological polar surface area (TPSA) is 69.2 Å². The predicted molar refractivity (Wildman–Crippen MR) is 118 cm³/mol. The van der Waals surface area contributed by atoms with Crippen molar-refractivity contribution in [3.63, 3.8) is 0 Å². The summed E-state index contributed by atoms with van der Waals surface area (Å²) in [6, 6.07) is 20.4. The molecule has 0 saturated heterocycles. The quantitative estimate of drug-likeness (QED) is 0.645. The van der Waals surface area contributed by atoms with E-state index in [1.54, 1.807) is 26.4 Å². The van der Waals surface area contributed by atoms with E-state index < -0.39 is 11.5 Å². The van der Waals surface area contributed by atoms with Gasteiger partial charge in [-0.1, -0.05) is 35.0 Å². The average molecular weight is 435 g/mol. The van der Waals surface area contributed by atoms with E-state index in [-0.39, 0.29) is 5.91 Å². The fourth-order valence-electron chi connectivity index (χ4n) is 4.25. The van der Waals surface area contributed by atoms with Crippen LogP contribution in [0.1, 0.15) is 22.6 Å². The first-order chi connectivity index (χ1) is 15.1. The molecule has 3 aromatic carbocycles. The number of oxime groups is 1. The molecule has 156 valence electrons. The Morgan fingerprint density at radius 3 is 2.26 bits per heavy atom. The number of benzene rings is 3. The summed E-state index contributed by atoms with van der Waals surface area (Å²) >= 11 is 6.16. The Bertz CT molecular complexity index is 1190. The zero-order valence-electron chi connectivity index (χ0n) is 16.9. The molecule has 0 aromatic heterocycles. The van der Waals surface area contributed by atoms with Crippen LogP contribution in [-0.4, -0.2) is 25.8 Å². The maximum atomic E-state index is 13.4. The van der Waals surface area contributed by atoms with Gasteiger partial charge >= 0.3 is 0 Å². The molecular weight excluding hydrogens is 416 g/mol. The monoisotopic (exact) mass is 434 g/mol. The van der Waals surface area contributed by atoms with Crippen molar-refractivity contribution in [1.29, 1.82) is 0 Å². The van der Waals surface area contributed by atoms with Crippen molar-refractivity contribution in [2.24, 2.45) is 5.16 Å². The molecule has 0 bridgehead atoms. The van der Waals surface area contributed by atoms with Crippen molar-refractivity contribution in [2.75, 3.05) is 19.5 Å². The fourth-order valence-corrected chi connectivity index (χ4v) is 4.42. The van der Waals surface area contributed by atoms with Crippen molar-refractivity contribution in [1.82, 2.24) is 0 Å². The number of anilines is 1. The molecule has 0 unspecified atom stereocenters. The molecule has 0 radical (unpaired) electrons. The minimum atomic E-state index is -1.33. The number of nitrogens with zero attached hydrogens (tertiary/aromatic N) is 1. The molecule has 7 heteroatoms. The van der Waals surface area contributed by atoms with Gasteiger partial charge in [-0.25, -0.2) is 0 Å². The summed E-state index contributed by atoms with van der Waals surface area (Å²) in [5.74, 6) is 0.701. The van der Waals surface area contributed by atoms with E-state index in [1.807, 2.05) is 54.6 Å². The number of carbonyl (C=O) groups excluding carboxylic acids is 1. The van der Waals surface area contributed by atoms with Gasteiger partial charge < -0.3 is 19.6 Å². The molecule has 2 heterocycles. The molecule has 3 aromatic rings. The van der Waals surface area contributed by atoms with Crippen LogP contribution in [0.15, 0.2) is 71.9 Å². The Labute approximate surface area is 184 Å². The number of carbonyl (C=O) groups is 1. The van der Waals surface area contributed by atoms with E-state index in [0.29, 0.717) is 22.0 Å². The van der Waals surface area contributed by atoms with Gasteiger partial charge in [0, 0.05) is 16.1 Å². The average Bonchev–Trinajstić information content (AvgIpc) is 3.32. The van der Waals surface area contributed by atoms with Crippen LogP contribution in [0, 0.1) is 0 Å². The van der Waals surface area contributed by atoms with Gasteiger partial charge in [0.1, 0.15) is 11.5 Å². The fraction of sp³-hybridized carbons (Fsp3) is 0.167. The van der Waals surface area contributed by atoms with Crippen LogP contribution in [0.2, 0.25) is 5.02 Å². The lowest BCUT2D eigenvalue weighted by atomic mass is 9.74. The number of hydrogen-bond donors (Lipinski definition) is 1. The summed E-state index contributed by atoms with van der Waals surface area (Å²) in [6.07, 6.45) is 0. The minimum Gasteiger partial charge on any atom is -0.497 e. The van der Waals surface area contributed by atoms with E-state index in [4.69, 9.17) is 25.9 Å². The second kappa shape index (κ2) is 7.32. The molecule has 0 saturated carbocycles. The Morgan fingerprint density at radius 2 is 1.61 bits per heavy atom. The number of fused-ring (bicyclic) bond motifs is 2. The van der Waals surface area contributed by atoms with Crippen molar-refractivity contribution < 1.29 is 19.1 Å². The molecule has 2 aliphatic heterocycles. The van der Waals surface area contributed by atoms with E-state index >= 15 is 0 Å². The minimum absolute atomic E-state index is 0.280. The van der Waals surface area contributed by atoms with Gasteiger partial charge in [0.05, 0.1) is 31.5 Å². The molecule has 1 amide bonds. The highest BCUT2D eigenvalue weighted by atomic mass is 35.5. The van der Waals surface area contributed by atoms with Gasteiger partial charge in [0.25, 0.3) is 11.5 Å². The number of methoxy groups -OCH3 is 2. The van der Waals surface area contributed by atoms with Crippen molar-refractivity contribution in [2.45, 2.75) is 11.5 Å². The van der Waals surface area contributed by atoms with Crippen molar-refractivity contribution in [3.8, 4) is 11.5 Å². The van der Waals surface area contributed by atoms with Crippen molar-refractivity contribution in [3.05, 3.63) is 88.4 Å². The zero-order chi connectivity index (χ0) is 21.6. The summed E-state index contributed by atoms with van der Waals surface area (Å²) in [5.41, 5.74) is 2.38. The smallest absolute Gasteiger partial charge is 0.277 e. The molecule has 5 rings (SSSR count). The SMILES string of the molecule is COc1ccc(C2=NO[C@@]3(C(=O)Nc4cc(Cl)ccc43)[C@@H]2c2ccc(OC)cc2)cc1. The molecule has 1 spiro atoms. The van der Waals surface area contributed by atoms with Gasteiger partial charge in [-0.05, 0) is 54.1 Å². The zero-order valence-corrected chi connectivity index (χ0v) is 17.6. The van der Waals surface area contributed by atoms with Gasteiger partial charge in [-0.2, -0.15) is 0 Å².